The average molecular weight is 320 g/mol. The fraction of sp³-hybridized carbons (Fsp3) is 0.500. The first kappa shape index (κ1) is 18.2. The number of benzene rings is 1. The summed E-state index contributed by atoms with van der Waals surface area (Å²) >= 11 is 0. The summed E-state index contributed by atoms with van der Waals surface area (Å²) in [6, 6.07) is 5.55. The molecule has 5 nitrogen and oxygen atoms in total. The summed E-state index contributed by atoms with van der Waals surface area (Å²) in [5.41, 5.74) is 0.550. The van der Waals surface area contributed by atoms with Gasteiger partial charge in [0.15, 0.2) is 0 Å². The van der Waals surface area contributed by atoms with Gasteiger partial charge in [0.05, 0.1) is 13.2 Å². The van der Waals surface area contributed by atoms with E-state index in [4.69, 9.17) is 4.74 Å². The minimum absolute atomic E-state index is 0.138. The van der Waals surface area contributed by atoms with Crippen LogP contribution in [0.4, 0.5) is 13.2 Å². The summed E-state index contributed by atoms with van der Waals surface area (Å²) in [5, 5.41) is 2.91. The van der Waals surface area contributed by atoms with E-state index in [0.29, 0.717) is 18.7 Å². The topological polar surface area (TPSA) is 50.8 Å². The Morgan fingerprint density at radius 2 is 2.09 bits per heavy atom. The molecule has 1 aromatic carbocycles. The number of methoxy groups -OCH3 is 1. The normalized spacial score (nSPS) is 11.3. The lowest BCUT2D eigenvalue weighted by Gasteiger charge is -2.18. The van der Waals surface area contributed by atoms with E-state index >= 15 is 0 Å². The van der Waals surface area contributed by atoms with Crippen molar-refractivity contribution in [2.75, 3.05) is 33.9 Å². The van der Waals surface area contributed by atoms with Crippen LogP contribution in [0.5, 0.6) is 5.75 Å². The maximum absolute atomic E-state index is 12.2. The van der Waals surface area contributed by atoms with Crippen LogP contribution >= 0.6 is 0 Å². The first-order valence-corrected chi connectivity index (χ1v) is 6.60. The predicted molar refractivity (Wildman–Crippen MR) is 74.3 cm³/mol. The van der Waals surface area contributed by atoms with Gasteiger partial charge in [-0.3, -0.25) is 4.79 Å². The summed E-state index contributed by atoms with van der Waals surface area (Å²) in [7, 11) is 3.14. The van der Waals surface area contributed by atoms with Crippen molar-refractivity contribution >= 4 is 5.91 Å². The molecule has 8 heteroatoms. The number of halogens is 3. The maximum atomic E-state index is 12.2. The van der Waals surface area contributed by atoms with Crippen molar-refractivity contribution < 1.29 is 27.4 Å². The van der Waals surface area contributed by atoms with Gasteiger partial charge in [-0.2, -0.15) is 0 Å². The van der Waals surface area contributed by atoms with Crippen molar-refractivity contribution in [3.05, 3.63) is 29.8 Å². The predicted octanol–water partition coefficient (Wildman–Crippen LogP) is 1.78. The monoisotopic (exact) mass is 320 g/mol. The van der Waals surface area contributed by atoms with E-state index in [2.05, 4.69) is 10.1 Å². The van der Waals surface area contributed by atoms with Crippen molar-refractivity contribution in [3.63, 3.8) is 0 Å². The summed E-state index contributed by atoms with van der Waals surface area (Å²) in [5.74, 6) is -0.470. The van der Waals surface area contributed by atoms with E-state index in [-0.39, 0.29) is 24.7 Å². The molecule has 1 aromatic rings. The second kappa shape index (κ2) is 8.60. The molecule has 0 aliphatic heterocycles. The number of rotatable bonds is 8. The summed E-state index contributed by atoms with van der Waals surface area (Å²) in [6.45, 7) is 1.37. The molecule has 0 aliphatic carbocycles. The third-order valence-corrected chi connectivity index (χ3v) is 2.74. The molecule has 0 fully saturated rings. The molecule has 0 heterocycles. The number of ether oxygens (including phenoxy) is 2. The SMILES string of the molecule is COCCNCC(=O)N(C)Cc1cccc(OC(F)(F)F)c1. The number of nitrogens with zero attached hydrogens (tertiary/aromatic N) is 1. The van der Waals surface area contributed by atoms with Gasteiger partial charge in [0.2, 0.25) is 5.91 Å². The van der Waals surface area contributed by atoms with Crippen LogP contribution in [-0.4, -0.2) is 51.0 Å². The molecule has 0 bridgehead atoms. The van der Waals surface area contributed by atoms with Crippen molar-refractivity contribution in [3.8, 4) is 5.75 Å². The molecule has 0 aliphatic rings. The van der Waals surface area contributed by atoms with E-state index in [1.807, 2.05) is 0 Å². The van der Waals surface area contributed by atoms with Gasteiger partial charge in [-0.05, 0) is 17.7 Å². The van der Waals surface area contributed by atoms with Crippen molar-refractivity contribution in [1.29, 1.82) is 0 Å². The lowest BCUT2D eigenvalue weighted by atomic mass is 10.2. The zero-order valence-electron chi connectivity index (χ0n) is 12.4. The highest BCUT2D eigenvalue weighted by atomic mass is 19.4. The highest BCUT2D eigenvalue weighted by Gasteiger charge is 2.31. The number of hydrogen-bond donors (Lipinski definition) is 1. The Morgan fingerprint density at radius 1 is 1.36 bits per heavy atom. The molecule has 0 radical (unpaired) electrons. The van der Waals surface area contributed by atoms with Gasteiger partial charge in [0, 0.05) is 27.2 Å². The van der Waals surface area contributed by atoms with E-state index in [1.165, 1.54) is 23.1 Å². The standard InChI is InChI=1S/C14H19F3N2O3/c1-19(13(20)9-18-6-7-21-2)10-11-4-3-5-12(8-11)22-14(15,16)17/h3-5,8,18H,6-7,9-10H2,1-2H3. The Hall–Kier alpha value is -1.80. The smallest absolute Gasteiger partial charge is 0.406 e. The third kappa shape index (κ3) is 7.28. The molecule has 1 N–H and O–H groups in total. The molecule has 0 aromatic heterocycles. The Bertz CT molecular complexity index is 481. The number of carbonyl (C=O) groups is 1. The lowest BCUT2D eigenvalue weighted by Crippen LogP contribution is -2.36. The van der Waals surface area contributed by atoms with Crippen LogP contribution < -0.4 is 10.1 Å². The van der Waals surface area contributed by atoms with Crippen LogP contribution in [0.2, 0.25) is 0 Å². The van der Waals surface area contributed by atoms with Gasteiger partial charge in [0.25, 0.3) is 0 Å². The fourth-order valence-electron chi connectivity index (χ4n) is 1.71. The van der Waals surface area contributed by atoms with Gasteiger partial charge in [-0.1, -0.05) is 12.1 Å². The Balaban J connectivity index is 2.51. The molecule has 22 heavy (non-hydrogen) atoms. The molecular weight excluding hydrogens is 301 g/mol. The van der Waals surface area contributed by atoms with Gasteiger partial charge in [-0.25, -0.2) is 0 Å². The first-order valence-electron chi connectivity index (χ1n) is 6.60. The molecule has 0 unspecified atom stereocenters. The van der Waals surface area contributed by atoms with E-state index in [1.54, 1.807) is 20.2 Å². The van der Waals surface area contributed by atoms with Crippen LogP contribution in [-0.2, 0) is 16.1 Å². The minimum Gasteiger partial charge on any atom is -0.406 e. The molecule has 1 rings (SSSR count). The van der Waals surface area contributed by atoms with Gasteiger partial charge >= 0.3 is 6.36 Å². The Morgan fingerprint density at radius 3 is 2.73 bits per heavy atom. The number of nitrogens with one attached hydrogen (secondary N) is 1. The highest BCUT2D eigenvalue weighted by Crippen LogP contribution is 2.23. The van der Waals surface area contributed by atoms with E-state index < -0.39 is 6.36 Å². The molecular formula is C14H19F3N2O3. The quantitative estimate of drug-likeness (QED) is 0.742. The first-order chi connectivity index (χ1) is 10.3. The summed E-state index contributed by atoms with van der Waals surface area (Å²) in [4.78, 5) is 13.3. The molecule has 124 valence electrons. The molecule has 0 atom stereocenters. The third-order valence-electron chi connectivity index (χ3n) is 2.74. The molecule has 0 spiro atoms. The summed E-state index contributed by atoms with van der Waals surface area (Å²) in [6.07, 6.45) is -4.73. The number of alkyl halides is 3. The van der Waals surface area contributed by atoms with Crippen molar-refractivity contribution in [2.24, 2.45) is 0 Å². The van der Waals surface area contributed by atoms with Crippen molar-refractivity contribution in [2.45, 2.75) is 12.9 Å². The van der Waals surface area contributed by atoms with Crippen LogP contribution in [0.25, 0.3) is 0 Å². The highest BCUT2D eigenvalue weighted by molar-refractivity contribution is 5.77. The zero-order valence-corrected chi connectivity index (χ0v) is 12.4. The number of likely N-dealkylation sites (N-methyl/N-ethyl adjacent to an activating group) is 1. The number of amides is 1. The van der Waals surface area contributed by atoms with Gasteiger partial charge in [0.1, 0.15) is 5.75 Å². The van der Waals surface area contributed by atoms with E-state index in [0.717, 1.165) is 0 Å². The van der Waals surface area contributed by atoms with Crippen LogP contribution in [0.15, 0.2) is 24.3 Å². The van der Waals surface area contributed by atoms with Gasteiger partial charge < -0.3 is 19.7 Å². The minimum atomic E-state index is -4.73. The number of carbonyl (C=O) groups excluding carboxylic acids is 1. The van der Waals surface area contributed by atoms with E-state index in [9.17, 15) is 18.0 Å². The van der Waals surface area contributed by atoms with Crippen LogP contribution in [0.1, 0.15) is 5.56 Å². The average Bonchev–Trinajstić information content (AvgIpc) is 2.41. The molecule has 0 saturated carbocycles. The molecule has 0 saturated heterocycles. The van der Waals surface area contributed by atoms with Crippen LogP contribution in [0.3, 0.4) is 0 Å². The van der Waals surface area contributed by atoms with Crippen LogP contribution in [0, 0.1) is 0 Å². The van der Waals surface area contributed by atoms with Crippen molar-refractivity contribution in [1.82, 2.24) is 10.2 Å². The number of hydrogen-bond acceptors (Lipinski definition) is 4. The Kier molecular flexibility index (Phi) is 7.13. The summed E-state index contributed by atoms with van der Waals surface area (Å²) < 4.78 is 45.2. The second-order valence-electron chi connectivity index (χ2n) is 4.61. The van der Waals surface area contributed by atoms with Gasteiger partial charge in [-0.15, -0.1) is 13.2 Å². The Labute approximate surface area is 127 Å². The fourth-order valence-corrected chi connectivity index (χ4v) is 1.71. The zero-order chi connectivity index (χ0) is 16.6. The maximum Gasteiger partial charge on any atom is 0.573 e. The molecule has 1 amide bonds. The largest absolute Gasteiger partial charge is 0.573 e. The lowest BCUT2D eigenvalue weighted by molar-refractivity contribution is -0.274. The second-order valence-corrected chi connectivity index (χ2v) is 4.61.